The fraction of sp³-hybridized carbons (Fsp3) is 0.200. The van der Waals surface area contributed by atoms with Crippen molar-refractivity contribution in [3.8, 4) is 0 Å². The van der Waals surface area contributed by atoms with Crippen molar-refractivity contribution in [1.29, 1.82) is 0 Å². The molecule has 1 aliphatic heterocycles. The second-order valence-corrected chi connectivity index (χ2v) is 4.40. The summed E-state index contributed by atoms with van der Waals surface area (Å²) in [5, 5.41) is 8.10. The average molecular weight is 266 g/mol. The topological polar surface area (TPSA) is 46.9 Å². The van der Waals surface area contributed by atoms with E-state index < -0.39 is 0 Å². The SMILES string of the molecule is O=C1NCCn2nc3ccc(Br)cc3c21. The van der Waals surface area contributed by atoms with Crippen LogP contribution >= 0.6 is 15.9 Å². The third-order valence-corrected chi connectivity index (χ3v) is 3.02. The van der Waals surface area contributed by atoms with Gasteiger partial charge < -0.3 is 5.32 Å². The van der Waals surface area contributed by atoms with Crippen molar-refractivity contribution in [2.75, 3.05) is 6.54 Å². The van der Waals surface area contributed by atoms with Gasteiger partial charge in [-0.3, -0.25) is 9.48 Å². The number of halogens is 1. The molecule has 76 valence electrons. The monoisotopic (exact) mass is 265 g/mol. The summed E-state index contributed by atoms with van der Waals surface area (Å²) in [6.45, 7) is 1.40. The lowest BCUT2D eigenvalue weighted by Crippen LogP contribution is -2.35. The number of rotatable bonds is 0. The number of nitrogens with one attached hydrogen (secondary N) is 1. The standard InChI is InChI=1S/C10H8BrN3O/c11-6-1-2-8-7(5-6)9-10(15)12-3-4-14(9)13-8/h1-2,5H,3-4H2,(H,12,15). The molecule has 1 aliphatic rings. The maximum atomic E-state index is 11.7. The van der Waals surface area contributed by atoms with E-state index in [1.165, 1.54) is 0 Å². The van der Waals surface area contributed by atoms with E-state index in [1.54, 1.807) is 4.68 Å². The lowest BCUT2D eigenvalue weighted by molar-refractivity contribution is 0.0926. The Morgan fingerprint density at radius 1 is 1.47 bits per heavy atom. The van der Waals surface area contributed by atoms with Crippen LogP contribution in [0.5, 0.6) is 0 Å². The third-order valence-electron chi connectivity index (χ3n) is 2.52. The summed E-state index contributed by atoms with van der Waals surface area (Å²) in [4.78, 5) is 11.7. The Labute approximate surface area is 94.4 Å². The van der Waals surface area contributed by atoms with E-state index >= 15 is 0 Å². The predicted molar refractivity (Wildman–Crippen MR) is 59.8 cm³/mol. The molecule has 1 N–H and O–H groups in total. The van der Waals surface area contributed by atoms with Gasteiger partial charge in [0, 0.05) is 16.4 Å². The molecule has 0 spiro atoms. The Hall–Kier alpha value is -1.36. The summed E-state index contributed by atoms with van der Waals surface area (Å²) >= 11 is 3.40. The summed E-state index contributed by atoms with van der Waals surface area (Å²) in [5.41, 5.74) is 1.53. The zero-order valence-electron chi connectivity index (χ0n) is 7.83. The Balaban J connectivity index is 2.38. The molecule has 0 saturated heterocycles. The molecular weight excluding hydrogens is 258 g/mol. The molecule has 2 aromatic rings. The highest BCUT2D eigenvalue weighted by Crippen LogP contribution is 2.23. The first-order valence-corrected chi connectivity index (χ1v) is 5.49. The van der Waals surface area contributed by atoms with Gasteiger partial charge in [-0.1, -0.05) is 15.9 Å². The highest BCUT2D eigenvalue weighted by atomic mass is 79.9. The summed E-state index contributed by atoms with van der Waals surface area (Å²) < 4.78 is 2.74. The quantitative estimate of drug-likeness (QED) is 0.786. The van der Waals surface area contributed by atoms with Crippen LogP contribution in [0.25, 0.3) is 10.9 Å². The van der Waals surface area contributed by atoms with Crippen LogP contribution in [0.4, 0.5) is 0 Å². The number of aromatic nitrogens is 2. The van der Waals surface area contributed by atoms with Crippen LogP contribution in [0, 0.1) is 0 Å². The Bertz CT molecular complexity index is 561. The van der Waals surface area contributed by atoms with Crippen molar-refractivity contribution >= 4 is 32.7 Å². The normalized spacial score (nSPS) is 15.1. The van der Waals surface area contributed by atoms with Crippen molar-refractivity contribution in [3.05, 3.63) is 28.4 Å². The molecule has 5 heteroatoms. The number of fused-ring (bicyclic) bond motifs is 3. The molecule has 0 aliphatic carbocycles. The molecule has 4 nitrogen and oxygen atoms in total. The molecule has 0 bridgehead atoms. The van der Waals surface area contributed by atoms with Crippen LogP contribution in [-0.4, -0.2) is 22.2 Å². The number of carbonyl (C=O) groups excluding carboxylic acids is 1. The number of benzene rings is 1. The van der Waals surface area contributed by atoms with Gasteiger partial charge in [0.25, 0.3) is 5.91 Å². The van der Waals surface area contributed by atoms with E-state index in [9.17, 15) is 4.79 Å². The van der Waals surface area contributed by atoms with E-state index in [4.69, 9.17) is 0 Å². The number of amides is 1. The van der Waals surface area contributed by atoms with Crippen LogP contribution in [0.15, 0.2) is 22.7 Å². The maximum Gasteiger partial charge on any atom is 0.270 e. The highest BCUT2D eigenvalue weighted by Gasteiger charge is 2.21. The summed E-state index contributed by atoms with van der Waals surface area (Å²) in [7, 11) is 0. The molecule has 15 heavy (non-hydrogen) atoms. The summed E-state index contributed by atoms with van der Waals surface area (Å²) in [6.07, 6.45) is 0. The van der Waals surface area contributed by atoms with Crippen molar-refractivity contribution < 1.29 is 4.79 Å². The molecule has 2 heterocycles. The van der Waals surface area contributed by atoms with Crippen LogP contribution in [-0.2, 0) is 6.54 Å². The third kappa shape index (κ3) is 1.26. The van der Waals surface area contributed by atoms with E-state index in [-0.39, 0.29) is 5.91 Å². The van der Waals surface area contributed by atoms with Crippen LogP contribution in [0.2, 0.25) is 0 Å². The van der Waals surface area contributed by atoms with Crippen LogP contribution < -0.4 is 5.32 Å². The van der Waals surface area contributed by atoms with Crippen molar-refractivity contribution in [2.24, 2.45) is 0 Å². The Morgan fingerprint density at radius 2 is 2.33 bits per heavy atom. The molecule has 3 rings (SSSR count). The van der Waals surface area contributed by atoms with Crippen molar-refractivity contribution in [1.82, 2.24) is 15.1 Å². The fourth-order valence-corrected chi connectivity index (χ4v) is 2.23. The van der Waals surface area contributed by atoms with Gasteiger partial charge in [-0.05, 0) is 18.2 Å². The van der Waals surface area contributed by atoms with Gasteiger partial charge in [0.2, 0.25) is 0 Å². The smallest absolute Gasteiger partial charge is 0.270 e. The van der Waals surface area contributed by atoms with Gasteiger partial charge in [-0.25, -0.2) is 0 Å². The summed E-state index contributed by atoms with van der Waals surface area (Å²) in [5.74, 6) is -0.0400. The first-order valence-electron chi connectivity index (χ1n) is 4.70. The van der Waals surface area contributed by atoms with E-state index in [0.717, 1.165) is 21.9 Å². The highest BCUT2D eigenvalue weighted by molar-refractivity contribution is 9.10. The molecule has 1 aromatic heterocycles. The minimum absolute atomic E-state index is 0.0400. The van der Waals surface area contributed by atoms with Gasteiger partial charge in [0.1, 0.15) is 5.69 Å². The average Bonchev–Trinajstić information content (AvgIpc) is 2.57. The van der Waals surface area contributed by atoms with Gasteiger partial charge in [-0.15, -0.1) is 0 Å². The van der Waals surface area contributed by atoms with E-state index in [2.05, 4.69) is 26.3 Å². The lowest BCUT2D eigenvalue weighted by atomic mass is 10.2. The molecule has 0 unspecified atom stereocenters. The molecule has 1 aromatic carbocycles. The number of nitrogens with zero attached hydrogens (tertiary/aromatic N) is 2. The molecular formula is C10H8BrN3O. The van der Waals surface area contributed by atoms with E-state index in [1.807, 2.05) is 18.2 Å². The Morgan fingerprint density at radius 3 is 3.20 bits per heavy atom. The zero-order valence-corrected chi connectivity index (χ0v) is 9.41. The van der Waals surface area contributed by atoms with Crippen LogP contribution in [0.3, 0.4) is 0 Å². The minimum Gasteiger partial charge on any atom is -0.349 e. The molecule has 0 radical (unpaired) electrons. The first kappa shape index (κ1) is 8.91. The van der Waals surface area contributed by atoms with Crippen molar-refractivity contribution in [3.63, 3.8) is 0 Å². The number of hydrogen-bond acceptors (Lipinski definition) is 2. The molecule has 0 fully saturated rings. The first-order chi connectivity index (χ1) is 7.25. The second-order valence-electron chi connectivity index (χ2n) is 3.49. The number of carbonyl (C=O) groups is 1. The Kier molecular flexibility index (Phi) is 1.82. The van der Waals surface area contributed by atoms with Gasteiger partial charge in [0.05, 0.1) is 12.1 Å². The maximum absolute atomic E-state index is 11.7. The largest absolute Gasteiger partial charge is 0.349 e. The fourth-order valence-electron chi connectivity index (χ4n) is 1.86. The molecule has 0 saturated carbocycles. The van der Waals surface area contributed by atoms with Crippen LogP contribution in [0.1, 0.15) is 10.5 Å². The van der Waals surface area contributed by atoms with Crippen molar-refractivity contribution in [2.45, 2.75) is 6.54 Å². The van der Waals surface area contributed by atoms with Gasteiger partial charge >= 0.3 is 0 Å². The lowest BCUT2D eigenvalue weighted by Gasteiger charge is -2.13. The second kappa shape index (κ2) is 3.06. The molecule has 1 amide bonds. The van der Waals surface area contributed by atoms with E-state index in [0.29, 0.717) is 12.2 Å². The van der Waals surface area contributed by atoms with Gasteiger partial charge in [0.15, 0.2) is 0 Å². The predicted octanol–water partition coefficient (Wildman–Crippen LogP) is 1.54. The summed E-state index contributed by atoms with van der Waals surface area (Å²) in [6, 6.07) is 5.77. The molecule has 0 atom stereocenters. The minimum atomic E-state index is -0.0400. The van der Waals surface area contributed by atoms with Gasteiger partial charge in [-0.2, -0.15) is 5.10 Å². The number of hydrogen-bond donors (Lipinski definition) is 1. The zero-order chi connectivity index (χ0) is 10.4.